The third-order valence-corrected chi connectivity index (χ3v) is 1.45. The summed E-state index contributed by atoms with van der Waals surface area (Å²) in [6.45, 7) is 8.75. The van der Waals surface area contributed by atoms with E-state index in [1.54, 1.807) is 6.92 Å². The molecule has 0 atom stereocenters. The molecule has 0 aliphatic carbocycles. The van der Waals surface area contributed by atoms with E-state index in [1.165, 1.54) is 6.08 Å². The van der Waals surface area contributed by atoms with Gasteiger partial charge in [0.2, 0.25) is 0 Å². The first-order valence-corrected chi connectivity index (χ1v) is 3.67. The molecule has 1 heterocycles. The molecule has 0 bridgehead atoms. The lowest BCUT2D eigenvalue weighted by Crippen LogP contribution is -1.91. The van der Waals surface area contributed by atoms with Crippen LogP contribution in [0.1, 0.15) is 11.5 Å². The number of hydrogen-bond donors (Lipinski definition) is 0. The van der Waals surface area contributed by atoms with Crippen molar-refractivity contribution < 1.29 is 13.6 Å². The van der Waals surface area contributed by atoms with E-state index >= 15 is 0 Å². The van der Waals surface area contributed by atoms with Crippen LogP contribution in [-0.4, -0.2) is 0 Å². The average Bonchev–Trinajstić information content (AvgIpc) is 2.41. The van der Waals surface area contributed by atoms with Gasteiger partial charge in [-0.25, -0.2) is 4.79 Å². The number of aryl methyl sites for hydroxylation is 1. The van der Waals surface area contributed by atoms with Crippen LogP contribution in [0, 0.1) is 6.92 Å². The lowest BCUT2D eigenvalue weighted by atomic mass is 10.4. The Hall–Kier alpha value is -1.71. The quantitative estimate of drug-likeness (QED) is 0.525. The van der Waals surface area contributed by atoms with Gasteiger partial charge in [0.1, 0.15) is 12.4 Å². The standard InChI is InChI=1S/C9H10O4/c1-4-6(2)11-5-8-7(3)12-9(10)13-8/h4H,1-2,5H2,3H3. The van der Waals surface area contributed by atoms with Crippen LogP contribution < -0.4 is 5.82 Å². The molecular weight excluding hydrogens is 172 g/mol. The van der Waals surface area contributed by atoms with Gasteiger partial charge in [-0.05, 0) is 13.0 Å². The van der Waals surface area contributed by atoms with Gasteiger partial charge >= 0.3 is 5.82 Å². The fourth-order valence-corrected chi connectivity index (χ4v) is 0.723. The highest BCUT2D eigenvalue weighted by Gasteiger charge is 2.08. The second-order valence-electron chi connectivity index (χ2n) is 2.39. The van der Waals surface area contributed by atoms with Crippen LogP contribution in [0.3, 0.4) is 0 Å². The molecule has 0 N–H and O–H groups in total. The highest BCUT2D eigenvalue weighted by Crippen LogP contribution is 2.08. The number of rotatable bonds is 4. The molecule has 13 heavy (non-hydrogen) atoms. The summed E-state index contributed by atoms with van der Waals surface area (Å²) in [6, 6.07) is 0. The Balaban J connectivity index is 2.64. The third kappa shape index (κ3) is 2.37. The summed E-state index contributed by atoms with van der Waals surface area (Å²) < 4.78 is 14.4. The molecule has 1 aromatic heterocycles. The molecule has 0 saturated carbocycles. The van der Waals surface area contributed by atoms with Crippen molar-refractivity contribution >= 4 is 0 Å². The van der Waals surface area contributed by atoms with Crippen LogP contribution in [-0.2, 0) is 11.3 Å². The molecule has 1 rings (SSSR count). The van der Waals surface area contributed by atoms with Crippen molar-refractivity contribution in [2.45, 2.75) is 13.5 Å². The predicted molar refractivity (Wildman–Crippen MR) is 46.1 cm³/mol. The summed E-state index contributed by atoms with van der Waals surface area (Å²) in [5.74, 6) is 0.485. The minimum atomic E-state index is -0.722. The molecule has 0 fully saturated rings. The van der Waals surface area contributed by atoms with Gasteiger partial charge in [-0.2, -0.15) is 0 Å². The lowest BCUT2D eigenvalue weighted by Gasteiger charge is -2.01. The highest BCUT2D eigenvalue weighted by atomic mass is 16.6. The van der Waals surface area contributed by atoms with Crippen molar-refractivity contribution in [2.75, 3.05) is 0 Å². The second kappa shape index (κ2) is 3.80. The van der Waals surface area contributed by atoms with Crippen LogP contribution in [0.15, 0.2) is 38.6 Å². The summed E-state index contributed by atoms with van der Waals surface area (Å²) in [5, 5.41) is 0. The lowest BCUT2D eigenvalue weighted by molar-refractivity contribution is 0.186. The summed E-state index contributed by atoms with van der Waals surface area (Å²) >= 11 is 0. The molecule has 1 aromatic rings. The second-order valence-corrected chi connectivity index (χ2v) is 2.39. The molecule has 4 heteroatoms. The topological polar surface area (TPSA) is 52.6 Å². The summed E-state index contributed by atoms with van der Waals surface area (Å²) in [4.78, 5) is 10.6. The van der Waals surface area contributed by atoms with Gasteiger partial charge in [0.25, 0.3) is 0 Å². The van der Waals surface area contributed by atoms with E-state index < -0.39 is 5.82 Å². The number of allylic oxidation sites excluding steroid dienone is 1. The molecule has 0 spiro atoms. The first-order chi connectivity index (χ1) is 6.13. The van der Waals surface area contributed by atoms with Crippen LogP contribution in [0.5, 0.6) is 0 Å². The Morgan fingerprint density at radius 1 is 1.62 bits per heavy atom. The van der Waals surface area contributed by atoms with Crippen LogP contribution in [0.25, 0.3) is 0 Å². The Kier molecular flexibility index (Phi) is 2.74. The van der Waals surface area contributed by atoms with Gasteiger partial charge < -0.3 is 13.6 Å². The smallest absolute Gasteiger partial charge is 0.486 e. The molecule has 0 amide bonds. The zero-order chi connectivity index (χ0) is 9.84. The fraction of sp³-hybridized carbons (Fsp3) is 0.222. The van der Waals surface area contributed by atoms with Gasteiger partial charge in [0.05, 0.1) is 0 Å². The largest absolute Gasteiger partial charge is 0.519 e. The fourth-order valence-electron chi connectivity index (χ4n) is 0.723. The van der Waals surface area contributed by atoms with Gasteiger partial charge in [0, 0.05) is 0 Å². The number of hydrogen-bond acceptors (Lipinski definition) is 4. The first-order valence-electron chi connectivity index (χ1n) is 3.67. The van der Waals surface area contributed by atoms with Gasteiger partial charge in [-0.1, -0.05) is 13.2 Å². The minimum Gasteiger partial charge on any atom is -0.486 e. The predicted octanol–water partition coefficient (Wildman–Crippen LogP) is 1.76. The van der Waals surface area contributed by atoms with Crippen molar-refractivity contribution in [1.29, 1.82) is 0 Å². The van der Waals surface area contributed by atoms with Gasteiger partial charge in [-0.3, -0.25) is 0 Å². The van der Waals surface area contributed by atoms with Crippen LogP contribution in [0.2, 0.25) is 0 Å². The van der Waals surface area contributed by atoms with E-state index in [0.29, 0.717) is 17.3 Å². The average molecular weight is 182 g/mol. The minimum absolute atomic E-state index is 0.127. The summed E-state index contributed by atoms with van der Waals surface area (Å²) in [7, 11) is 0. The van der Waals surface area contributed by atoms with Crippen molar-refractivity contribution in [2.24, 2.45) is 0 Å². The molecule has 0 saturated heterocycles. The zero-order valence-electron chi connectivity index (χ0n) is 7.33. The number of ether oxygens (including phenoxy) is 1. The van der Waals surface area contributed by atoms with E-state index in [1.807, 2.05) is 0 Å². The monoisotopic (exact) mass is 182 g/mol. The molecule has 70 valence electrons. The van der Waals surface area contributed by atoms with Crippen molar-refractivity contribution in [3.63, 3.8) is 0 Å². The summed E-state index contributed by atoms with van der Waals surface area (Å²) in [5.41, 5.74) is 0. The zero-order valence-corrected chi connectivity index (χ0v) is 7.33. The molecule has 0 unspecified atom stereocenters. The maximum absolute atomic E-state index is 10.6. The normalized spacial score (nSPS) is 9.62. The molecule has 4 nitrogen and oxygen atoms in total. The summed E-state index contributed by atoms with van der Waals surface area (Å²) in [6.07, 6.45) is 1.47. The highest BCUT2D eigenvalue weighted by molar-refractivity contribution is 5.04. The Bertz CT molecular complexity index is 369. The van der Waals surface area contributed by atoms with E-state index in [0.717, 1.165) is 0 Å². The van der Waals surface area contributed by atoms with Gasteiger partial charge in [-0.15, -0.1) is 0 Å². The van der Waals surface area contributed by atoms with Gasteiger partial charge in [0.15, 0.2) is 11.5 Å². The Morgan fingerprint density at radius 3 is 2.77 bits per heavy atom. The van der Waals surface area contributed by atoms with E-state index in [-0.39, 0.29) is 6.61 Å². The third-order valence-electron chi connectivity index (χ3n) is 1.45. The maximum Gasteiger partial charge on any atom is 0.519 e. The molecular formula is C9H10O4. The maximum atomic E-state index is 10.6. The molecule has 0 aliphatic heterocycles. The van der Waals surface area contributed by atoms with Crippen molar-refractivity contribution in [3.05, 3.63) is 47.1 Å². The first kappa shape index (κ1) is 9.38. The molecule has 0 aliphatic rings. The van der Waals surface area contributed by atoms with Crippen LogP contribution >= 0.6 is 0 Å². The SMILES string of the molecule is C=CC(=C)OCc1oc(=O)oc1C. The van der Waals surface area contributed by atoms with Crippen molar-refractivity contribution in [1.82, 2.24) is 0 Å². The van der Waals surface area contributed by atoms with E-state index in [4.69, 9.17) is 4.74 Å². The molecule has 0 aromatic carbocycles. The van der Waals surface area contributed by atoms with E-state index in [9.17, 15) is 4.79 Å². The Labute approximate surface area is 75.1 Å². The van der Waals surface area contributed by atoms with Crippen molar-refractivity contribution in [3.8, 4) is 0 Å². The van der Waals surface area contributed by atoms with E-state index in [2.05, 4.69) is 22.0 Å². The van der Waals surface area contributed by atoms with Crippen LogP contribution in [0.4, 0.5) is 0 Å². The Morgan fingerprint density at radius 2 is 2.31 bits per heavy atom. The molecule has 0 radical (unpaired) electrons.